The topological polar surface area (TPSA) is 49.6 Å². The summed E-state index contributed by atoms with van der Waals surface area (Å²) < 4.78 is 0. The van der Waals surface area contributed by atoms with E-state index in [0.29, 0.717) is 5.92 Å². The monoisotopic (exact) mass is 213 g/mol. The first-order valence-corrected chi connectivity index (χ1v) is 5.72. The molecule has 0 spiro atoms. The number of likely N-dealkylation sites (tertiary alicyclic amines) is 1. The van der Waals surface area contributed by atoms with Gasteiger partial charge in [-0.1, -0.05) is 0 Å². The summed E-state index contributed by atoms with van der Waals surface area (Å²) in [5.41, 5.74) is 5.41. The van der Waals surface area contributed by atoms with Crippen LogP contribution < -0.4 is 5.73 Å². The van der Waals surface area contributed by atoms with Crippen LogP contribution in [0, 0.1) is 5.92 Å². The van der Waals surface area contributed by atoms with E-state index in [1.54, 1.807) is 0 Å². The lowest BCUT2D eigenvalue weighted by atomic mass is 10.1. The van der Waals surface area contributed by atoms with E-state index in [1.807, 2.05) is 18.7 Å². The van der Waals surface area contributed by atoms with Crippen molar-refractivity contribution >= 4 is 5.91 Å². The zero-order valence-electron chi connectivity index (χ0n) is 10.1. The Morgan fingerprint density at radius 3 is 2.67 bits per heavy atom. The maximum Gasteiger partial charge on any atom is 0.236 e. The van der Waals surface area contributed by atoms with E-state index in [0.717, 1.165) is 19.6 Å². The van der Waals surface area contributed by atoms with Crippen molar-refractivity contribution < 1.29 is 4.79 Å². The number of nitrogens with two attached hydrogens (primary N) is 1. The van der Waals surface area contributed by atoms with Crippen LogP contribution in [0.4, 0.5) is 0 Å². The van der Waals surface area contributed by atoms with Gasteiger partial charge in [-0.05, 0) is 39.8 Å². The number of hydrogen-bond acceptors (Lipinski definition) is 3. The quantitative estimate of drug-likeness (QED) is 0.722. The Balaban J connectivity index is 2.48. The first kappa shape index (κ1) is 12.5. The summed E-state index contributed by atoms with van der Waals surface area (Å²) in [6.07, 6.45) is 1.19. The van der Waals surface area contributed by atoms with Crippen molar-refractivity contribution in [3.8, 4) is 0 Å². The fourth-order valence-electron chi connectivity index (χ4n) is 2.17. The van der Waals surface area contributed by atoms with E-state index in [4.69, 9.17) is 5.73 Å². The molecule has 1 rings (SSSR count). The molecule has 1 fully saturated rings. The van der Waals surface area contributed by atoms with E-state index >= 15 is 0 Å². The van der Waals surface area contributed by atoms with Gasteiger partial charge in [0.2, 0.25) is 5.91 Å². The number of carbonyl (C=O) groups excluding carboxylic acids is 1. The van der Waals surface area contributed by atoms with Crippen molar-refractivity contribution in [1.82, 2.24) is 9.80 Å². The van der Waals surface area contributed by atoms with Gasteiger partial charge in [-0.3, -0.25) is 4.79 Å². The van der Waals surface area contributed by atoms with Gasteiger partial charge in [-0.2, -0.15) is 0 Å². The predicted molar refractivity (Wildman–Crippen MR) is 61.5 cm³/mol. The molecule has 1 heterocycles. The molecule has 1 unspecified atom stereocenters. The third kappa shape index (κ3) is 3.47. The average molecular weight is 213 g/mol. The first-order valence-electron chi connectivity index (χ1n) is 5.72. The molecular weight excluding hydrogens is 190 g/mol. The molecule has 0 radical (unpaired) electrons. The van der Waals surface area contributed by atoms with Gasteiger partial charge in [0.25, 0.3) is 0 Å². The van der Waals surface area contributed by atoms with Crippen LogP contribution >= 0.6 is 0 Å². The molecule has 1 saturated heterocycles. The molecule has 4 heteroatoms. The lowest BCUT2D eigenvalue weighted by Crippen LogP contribution is -2.43. The summed E-state index contributed by atoms with van der Waals surface area (Å²) in [5.74, 6) is 0.687. The Labute approximate surface area is 92.4 Å². The van der Waals surface area contributed by atoms with E-state index < -0.39 is 0 Å². The summed E-state index contributed by atoms with van der Waals surface area (Å²) in [6.45, 7) is 7.33. The Bertz CT molecular complexity index is 218. The van der Waals surface area contributed by atoms with Gasteiger partial charge in [0.05, 0.1) is 6.54 Å². The van der Waals surface area contributed by atoms with Gasteiger partial charge in [0, 0.05) is 19.1 Å². The van der Waals surface area contributed by atoms with Gasteiger partial charge in [0.15, 0.2) is 0 Å². The maximum absolute atomic E-state index is 11.6. The molecule has 15 heavy (non-hydrogen) atoms. The molecular formula is C11H23N3O. The Morgan fingerprint density at radius 1 is 1.60 bits per heavy atom. The highest BCUT2D eigenvalue weighted by Gasteiger charge is 2.25. The van der Waals surface area contributed by atoms with Crippen LogP contribution in [0.1, 0.15) is 20.3 Å². The smallest absolute Gasteiger partial charge is 0.236 e. The Kier molecular flexibility index (Phi) is 4.54. The van der Waals surface area contributed by atoms with Gasteiger partial charge >= 0.3 is 0 Å². The summed E-state index contributed by atoms with van der Waals surface area (Å²) in [6, 6.07) is 0.256. The van der Waals surface area contributed by atoms with Crippen LogP contribution in [0.25, 0.3) is 0 Å². The molecule has 0 aromatic rings. The Morgan fingerprint density at radius 2 is 2.27 bits per heavy atom. The Hall–Kier alpha value is -0.610. The van der Waals surface area contributed by atoms with Crippen LogP contribution in [0.5, 0.6) is 0 Å². The van der Waals surface area contributed by atoms with Crippen molar-refractivity contribution in [3.63, 3.8) is 0 Å². The molecule has 1 aliphatic heterocycles. The highest BCUT2D eigenvalue weighted by molar-refractivity contribution is 5.78. The molecule has 0 aromatic carbocycles. The predicted octanol–water partition coefficient (Wildman–Crippen LogP) is 0.134. The molecule has 0 bridgehead atoms. The van der Waals surface area contributed by atoms with Crippen LogP contribution in [0.3, 0.4) is 0 Å². The van der Waals surface area contributed by atoms with Crippen molar-refractivity contribution in [2.75, 3.05) is 33.2 Å². The number of amides is 1. The van der Waals surface area contributed by atoms with Gasteiger partial charge in [-0.25, -0.2) is 0 Å². The van der Waals surface area contributed by atoms with Crippen LogP contribution in [-0.2, 0) is 4.79 Å². The molecule has 2 N–H and O–H groups in total. The molecule has 1 amide bonds. The fourth-order valence-corrected chi connectivity index (χ4v) is 2.17. The molecule has 1 atom stereocenters. The number of carbonyl (C=O) groups is 1. The minimum atomic E-state index is 0.0690. The minimum Gasteiger partial charge on any atom is -0.339 e. The van der Waals surface area contributed by atoms with E-state index in [1.165, 1.54) is 6.42 Å². The standard InChI is InChI=1S/C11H23N3O/c1-9(2)14(11(15)6-12)8-10-4-5-13(3)7-10/h9-10H,4-8,12H2,1-3H3. The van der Waals surface area contributed by atoms with E-state index in [9.17, 15) is 4.79 Å². The third-order valence-corrected chi connectivity index (χ3v) is 3.06. The number of hydrogen-bond donors (Lipinski definition) is 1. The molecule has 0 aliphatic carbocycles. The zero-order chi connectivity index (χ0) is 11.4. The van der Waals surface area contributed by atoms with Crippen molar-refractivity contribution in [3.05, 3.63) is 0 Å². The van der Waals surface area contributed by atoms with E-state index in [-0.39, 0.29) is 18.5 Å². The minimum absolute atomic E-state index is 0.0690. The highest BCUT2D eigenvalue weighted by atomic mass is 16.2. The largest absolute Gasteiger partial charge is 0.339 e. The van der Waals surface area contributed by atoms with Crippen LogP contribution in [0.2, 0.25) is 0 Å². The second kappa shape index (κ2) is 5.47. The third-order valence-electron chi connectivity index (χ3n) is 3.06. The van der Waals surface area contributed by atoms with Gasteiger partial charge < -0.3 is 15.5 Å². The molecule has 0 aromatic heterocycles. The average Bonchev–Trinajstić information content (AvgIpc) is 2.59. The maximum atomic E-state index is 11.6. The first-order chi connectivity index (χ1) is 7.04. The van der Waals surface area contributed by atoms with Crippen LogP contribution in [0.15, 0.2) is 0 Å². The molecule has 88 valence electrons. The van der Waals surface area contributed by atoms with Gasteiger partial charge in [0.1, 0.15) is 0 Å². The fraction of sp³-hybridized carbons (Fsp3) is 0.909. The summed E-state index contributed by atoms with van der Waals surface area (Å²) >= 11 is 0. The van der Waals surface area contributed by atoms with Crippen LogP contribution in [-0.4, -0.2) is 55.0 Å². The summed E-state index contributed by atoms with van der Waals surface area (Å²) in [4.78, 5) is 15.8. The number of rotatable bonds is 4. The lowest BCUT2D eigenvalue weighted by molar-refractivity contribution is -0.132. The van der Waals surface area contributed by atoms with E-state index in [2.05, 4.69) is 11.9 Å². The zero-order valence-corrected chi connectivity index (χ0v) is 10.1. The second-order valence-corrected chi connectivity index (χ2v) is 4.76. The molecule has 1 aliphatic rings. The second-order valence-electron chi connectivity index (χ2n) is 4.76. The highest BCUT2D eigenvalue weighted by Crippen LogP contribution is 2.16. The number of nitrogens with zero attached hydrogens (tertiary/aromatic N) is 2. The molecule has 0 saturated carbocycles. The lowest BCUT2D eigenvalue weighted by Gasteiger charge is -2.29. The molecule has 4 nitrogen and oxygen atoms in total. The summed E-state index contributed by atoms with van der Waals surface area (Å²) in [5, 5.41) is 0. The van der Waals surface area contributed by atoms with Crippen molar-refractivity contribution in [1.29, 1.82) is 0 Å². The van der Waals surface area contributed by atoms with Gasteiger partial charge in [-0.15, -0.1) is 0 Å². The summed E-state index contributed by atoms with van der Waals surface area (Å²) in [7, 11) is 2.13. The van der Waals surface area contributed by atoms with Crippen molar-refractivity contribution in [2.45, 2.75) is 26.3 Å². The van der Waals surface area contributed by atoms with Crippen molar-refractivity contribution in [2.24, 2.45) is 11.7 Å². The SMILES string of the molecule is CC(C)N(CC1CCN(C)C1)C(=O)CN. The normalized spacial score (nSPS) is 22.3.